The van der Waals surface area contributed by atoms with Gasteiger partial charge in [0.1, 0.15) is 5.82 Å². The fraction of sp³-hybridized carbons (Fsp3) is 0. The molecule has 0 aliphatic carbocycles. The molecule has 59 heavy (non-hydrogen) atoms. The first-order chi connectivity index (χ1) is 29.2. The van der Waals surface area contributed by atoms with E-state index in [0.717, 1.165) is 72.3 Å². The highest BCUT2D eigenvalue weighted by atomic mass is 32.1. The van der Waals surface area contributed by atoms with E-state index in [1.54, 1.807) is 11.3 Å². The fourth-order valence-electron chi connectivity index (χ4n) is 8.54. The largest absolute Gasteiger partial charge is 0.309 e. The number of fused-ring (bicyclic) bond motifs is 7. The molecule has 0 saturated heterocycles. The third-order valence-corrected chi connectivity index (χ3v) is 12.3. The zero-order chi connectivity index (χ0) is 38.9. The van der Waals surface area contributed by atoms with Gasteiger partial charge in [-0.05, 0) is 60.7 Å². The van der Waals surface area contributed by atoms with Gasteiger partial charge in [0.25, 0.3) is 0 Å². The smallest absolute Gasteiger partial charge is 0.164 e. The second kappa shape index (κ2) is 13.4. The molecule has 8 aromatic carbocycles. The van der Waals surface area contributed by atoms with Crippen LogP contribution >= 0.6 is 11.3 Å². The van der Waals surface area contributed by atoms with Gasteiger partial charge in [0, 0.05) is 64.6 Å². The lowest BCUT2D eigenvalue weighted by atomic mass is 10.0. The van der Waals surface area contributed by atoms with Crippen LogP contribution in [0.4, 0.5) is 0 Å². The third kappa shape index (κ3) is 5.47. The minimum atomic E-state index is 0.620. The summed E-state index contributed by atoms with van der Waals surface area (Å²) in [6.45, 7) is 0. The highest BCUT2D eigenvalue weighted by Gasteiger charge is 2.20. The summed E-state index contributed by atoms with van der Waals surface area (Å²) in [5.74, 6) is 2.80. The predicted molar refractivity (Wildman–Crippen MR) is 243 cm³/mol. The van der Waals surface area contributed by atoms with Crippen LogP contribution in [-0.4, -0.2) is 29.1 Å². The molecule has 0 radical (unpaired) electrons. The Kier molecular flexibility index (Phi) is 7.61. The first-order valence-corrected chi connectivity index (χ1v) is 20.5. The molecule has 12 rings (SSSR count). The van der Waals surface area contributed by atoms with Gasteiger partial charge in [-0.15, -0.1) is 11.3 Å². The Labute approximate surface area is 343 Å². The Morgan fingerprint density at radius 1 is 0.356 bits per heavy atom. The minimum Gasteiger partial charge on any atom is -0.309 e. The molecule has 0 fully saturated rings. The van der Waals surface area contributed by atoms with E-state index in [4.69, 9.17) is 19.9 Å². The van der Waals surface area contributed by atoms with Crippen LogP contribution < -0.4 is 0 Å². The van der Waals surface area contributed by atoms with Gasteiger partial charge in [-0.25, -0.2) is 19.9 Å². The van der Waals surface area contributed by atoms with Crippen molar-refractivity contribution >= 4 is 64.3 Å². The van der Waals surface area contributed by atoms with Crippen LogP contribution in [0.3, 0.4) is 0 Å². The maximum Gasteiger partial charge on any atom is 0.164 e. The third-order valence-electron chi connectivity index (χ3n) is 11.2. The van der Waals surface area contributed by atoms with Gasteiger partial charge in [0.2, 0.25) is 0 Å². The Morgan fingerprint density at radius 2 is 0.966 bits per heavy atom. The highest BCUT2D eigenvalue weighted by Crippen LogP contribution is 2.42. The number of hydrogen-bond donors (Lipinski definition) is 0. The van der Waals surface area contributed by atoms with Crippen LogP contribution in [0.25, 0.3) is 110 Å². The van der Waals surface area contributed by atoms with Crippen molar-refractivity contribution < 1.29 is 0 Å². The van der Waals surface area contributed by atoms with Gasteiger partial charge in [0.15, 0.2) is 17.5 Å². The number of aromatic nitrogens is 6. The van der Waals surface area contributed by atoms with Crippen molar-refractivity contribution in [3.63, 3.8) is 0 Å². The molecule has 0 unspecified atom stereocenters. The topological polar surface area (TPSA) is 61.4 Å². The number of rotatable bonds is 6. The van der Waals surface area contributed by atoms with E-state index in [1.165, 1.54) is 20.2 Å². The van der Waals surface area contributed by atoms with Crippen LogP contribution in [0.2, 0.25) is 0 Å². The van der Waals surface area contributed by atoms with Gasteiger partial charge >= 0.3 is 0 Å². The molecule has 0 bridgehead atoms. The highest BCUT2D eigenvalue weighted by molar-refractivity contribution is 7.26. The summed E-state index contributed by atoms with van der Waals surface area (Å²) < 4.78 is 6.93. The van der Waals surface area contributed by atoms with E-state index < -0.39 is 0 Å². The maximum atomic E-state index is 5.28. The standard InChI is InChI=1S/C52H32N6S/c1-3-15-33(16-4-1)49-54-50(34-17-13-20-37(31-34)57-43-25-10-7-21-38(43)39-22-8-11-26-44(39)57)56-51(55-49)41-23-14-28-46-48(41)40-30-29-35(32-47(40)59-46)52-53-42-24-9-12-27-45(42)58(52)36-18-5-2-6-19-36/h1-32H. The molecule has 4 aromatic heterocycles. The van der Waals surface area contributed by atoms with E-state index >= 15 is 0 Å². The SMILES string of the molecule is c1ccc(-c2nc(-c3cccc(-n4c5ccccc5c5ccccc54)c3)nc(-c3cccc4sc5cc(-c6nc7ccccc7n6-c6ccccc6)ccc5c34)n2)cc1. The molecule has 0 spiro atoms. The Bertz CT molecular complexity index is 3510. The quantitative estimate of drug-likeness (QED) is 0.169. The second-order valence-corrected chi connectivity index (χ2v) is 15.8. The van der Waals surface area contributed by atoms with Gasteiger partial charge in [0.05, 0.1) is 22.1 Å². The van der Waals surface area contributed by atoms with Crippen molar-refractivity contribution in [3.8, 4) is 56.9 Å². The average Bonchev–Trinajstić information content (AvgIpc) is 3.99. The molecule has 0 saturated carbocycles. The van der Waals surface area contributed by atoms with Crippen molar-refractivity contribution in [2.45, 2.75) is 0 Å². The van der Waals surface area contributed by atoms with Gasteiger partial charge in [-0.2, -0.15) is 0 Å². The van der Waals surface area contributed by atoms with Crippen molar-refractivity contribution in [2.75, 3.05) is 0 Å². The first kappa shape index (κ1) is 33.4. The van der Waals surface area contributed by atoms with Crippen LogP contribution in [-0.2, 0) is 0 Å². The first-order valence-electron chi connectivity index (χ1n) is 19.6. The van der Waals surface area contributed by atoms with Crippen LogP contribution in [0, 0.1) is 0 Å². The summed E-state index contributed by atoms with van der Waals surface area (Å²) in [5, 5.41) is 4.73. The van der Waals surface area contributed by atoms with E-state index in [9.17, 15) is 0 Å². The Balaban J connectivity index is 1.03. The average molecular weight is 773 g/mol. The van der Waals surface area contributed by atoms with Gasteiger partial charge in [-0.1, -0.05) is 133 Å². The van der Waals surface area contributed by atoms with Crippen LogP contribution in [0.5, 0.6) is 0 Å². The number of para-hydroxylation sites is 5. The molecule has 0 aliphatic heterocycles. The van der Waals surface area contributed by atoms with E-state index in [2.05, 4.69) is 173 Å². The summed E-state index contributed by atoms with van der Waals surface area (Å²) in [6.07, 6.45) is 0. The lowest BCUT2D eigenvalue weighted by molar-refractivity contribution is 1.07. The molecule has 276 valence electrons. The molecular formula is C52H32N6S. The molecule has 7 heteroatoms. The Morgan fingerprint density at radius 3 is 1.75 bits per heavy atom. The Hall–Kier alpha value is -7.74. The summed E-state index contributed by atoms with van der Waals surface area (Å²) in [6, 6.07) is 67.8. The van der Waals surface area contributed by atoms with E-state index in [0.29, 0.717) is 17.5 Å². The molecule has 12 aromatic rings. The molecule has 6 nitrogen and oxygen atoms in total. The van der Waals surface area contributed by atoms with Crippen LogP contribution in [0.15, 0.2) is 194 Å². The second-order valence-electron chi connectivity index (χ2n) is 14.7. The molecule has 0 atom stereocenters. The minimum absolute atomic E-state index is 0.620. The summed E-state index contributed by atoms with van der Waals surface area (Å²) in [5.41, 5.74) is 10.4. The van der Waals surface area contributed by atoms with Crippen molar-refractivity contribution in [3.05, 3.63) is 194 Å². The zero-order valence-electron chi connectivity index (χ0n) is 31.6. The monoisotopic (exact) mass is 772 g/mol. The fourth-order valence-corrected chi connectivity index (χ4v) is 9.71. The number of benzene rings is 8. The van der Waals surface area contributed by atoms with E-state index in [-0.39, 0.29) is 0 Å². The summed E-state index contributed by atoms with van der Waals surface area (Å²) in [4.78, 5) is 20.8. The predicted octanol–water partition coefficient (Wildman–Crippen LogP) is 13.3. The van der Waals surface area contributed by atoms with Crippen molar-refractivity contribution in [1.29, 1.82) is 0 Å². The maximum absolute atomic E-state index is 5.28. The molecular weight excluding hydrogens is 741 g/mol. The lowest BCUT2D eigenvalue weighted by Gasteiger charge is -2.12. The van der Waals surface area contributed by atoms with Crippen LogP contribution in [0.1, 0.15) is 0 Å². The normalized spacial score (nSPS) is 11.7. The van der Waals surface area contributed by atoms with E-state index in [1.807, 2.05) is 30.3 Å². The lowest BCUT2D eigenvalue weighted by Crippen LogP contribution is -2.01. The van der Waals surface area contributed by atoms with Crippen molar-refractivity contribution in [2.24, 2.45) is 0 Å². The van der Waals surface area contributed by atoms with Gasteiger partial charge in [-0.3, -0.25) is 4.57 Å². The number of thiophene rings is 1. The number of imidazole rings is 1. The molecule has 0 amide bonds. The summed E-state index contributed by atoms with van der Waals surface area (Å²) >= 11 is 1.78. The van der Waals surface area contributed by atoms with Crippen molar-refractivity contribution in [1.82, 2.24) is 29.1 Å². The molecule has 0 aliphatic rings. The number of hydrogen-bond acceptors (Lipinski definition) is 5. The number of nitrogens with zero attached hydrogens (tertiary/aromatic N) is 6. The molecule has 4 heterocycles. The summed E-state index contributed by atoms with van der Waals surface area (Å²) in [7, 11) is 0. The molecule has 0 N–H and O–H groups in total. The van der Waals surface area contributed by atoms with Gasteiger partial charge < -0.3 is 4.57 Å². The zero-order valence-corrected chi connectivity index (χ0v) is 32.4.